The van der Waals surface area contributed by atoms with E-state index >= 15 is 0 Å². The van der Waals surface area contributed by atoms with Gasteiger partial charge in [0.15, 0.2) is 0 Å². The van der Waals surface area contributed by atoms with Crippen molar-refractivity contribution >= 4 is 23.2 Å². The fourth-order valence-corrected chi connectivity index (χ4v) is 2.25. The zero-order valence-electron chi connectivity index (χ0n) is 10.7. The molecule has 0 unspecified atom stereocenters. The number of rotatable bonds is 3. The lowest BCUT2D eigenvalue weighted by molar-refractivity contribution is 0.628. The topological polar surface area (TPSA) is 25.8 Å². The Hall–Kier alpha value is -1.19. The fourth-order valence-electron chi connectivity index (χ4n) is 1.84. The molecule has 100 valence electrons. The highest BCUT2D eigenvalue weighted by molar-refractivity contribution is 6.31. The Morgan fingerprint density at radius 1 is 1.16 bits per heavy atom. The Balaban J connectivity index is 2.59. The molecule has 5 heteroatoms. The molecule has 0 aliphatic rings. The maximum atomic E-state index is 13.4. The maximum absolute atomic E-state index is 13.4. The van der Waals surface area contributed by atoms with E-state index < -0.39 is 5.82 Å². The summed E-state index contributed by atoms with van der Waals surface area (Å²) >= 11 is 12.0. The zero-order chi connectivity index (χ0) is 14.0. The van der Waals surface area contributed by atoms with Gasteiger partial charge in [-0.3, -0.25) is 0 Å². The van der Waals surface area contributed by atoms with Crippen molar-refractivity contribution in [2.24, 2.45) is 0 Å². The van der Waals surface area contributed by atoms with Gasteiger partial charge in [-0.1, -0.05) is 30.1 Å². The minimum absolute atomic E-state index is 0.334. The van der Waals surface area contributed by atoms with Crippen LogP contribution in [0, 0.1) is 12.7 Å². The second-order valence-electron chi connectivity index (χ2n) is 4.31. The van der Waals surface area contributed by atoms with Crippen LogP contribution < -0.4 is 0 Å². The van der Waals surface area contributed by atoms with Gasteiger partial charge in [-0.15, -0.1) is 0 Å². The standard InChI is InChI=1S/C14H13Cl2FN2/c1-3-4-12-18-13(8(2)14(16)19-12)9-5-10(15)7-11(17)6-9/h5-7H,3-4H2,1-2H3. The molecular formula is C14H13Cl2FN2. The lowest BCUT2D eigenvalue weighted by Crippen LogP contribution is -2.00. The van der Waals surface area contributed by atoms with E-state index in [-0.39, 0.29) is 0 Å². The van der Waals surface area contributed by atoms with Crippen molar-refractivity contribution in [3.8, 4) is 11.3 Å². The Kier molecular flexibility index (Phi) is 4.38. The van der Waals surface area contributed by atoms with Crippen LogP contribution in [0.5, 0.6) is 0 Å². The molecule has 0 saturated heterocycles. The van der Waals surface area contributed by atoms with Gasteiger partial charge < -0.3 is 0 Å². The first-order valence-corrected chi connectivity index (χ1v) is 6.76. The third-order valence-corrected chi connectivity index (χ3v) is 3.33. The second kappa shape index (κ2) is 5.85. The highest BCUT2D eigenvalue weighted by atomic mass is 35.5. The van der Waals surface area contributed by atoms with Crippen molar-refractivity contribution < 1.29 is 4.39 Å². The van der Waals surface area contributed by atoms with Gasteiger partial charge in [0.05, 0.1) is 5.69 Å². The molecule has 0 aliphatic carbocycles. The van der Waals surface area contributed by atoms with Gasteiger partial charge >= 0.3 is 0 Å². The van der Waals surface area contributed by atoms with Crippen LogP contribution in [-0.2, 0) is 6.42 Å². The number of nitrogens with zero attached hydrogens (tertiary/aromatic N) is 2. The summed E-state index contributed by atoms with van der Waals surface area (Å²) in [7, 11) is 0. The average molecular weight is 299 g/mol. The molecule has 19 heavy (non-hydrogen) atoms. The monoisotopic (exact) mass is 298 g/mol. The van der Waals surface area contributed by atoms with Crippen molar-refractivity contribution in [1.29, 1.82) is 0 Å². The number of benzene rings is 1. The predicted octanol–water partition coefficient (Wildman–Crippen LogP) is 4.85. The summed E-state index contributed by atoms with van der Waals surface area (Å²) in [5, 5.41) is 0.731. The van der Waals surface area contributed by atoms with E-state index in [1.54, 1.807) is 6.07 Å². The fraction of sp³-hybridized carbons (Fsp3) is 0.286. The number of halogens is 3. The van der Waals surface area contributed by atoms with Crippen LogP contribution in [-0.4, -0.2) is 9.97 Å². The molecule has 2 rings (SSSR count). The van der Waals surface area contributed by atoms with Crippen LogP contribution >= 0.6 is 23.2 Å². The summed E-state index contributed by atoms with van der Waals surface area (Å²) in [6.45, 7) is 3.85. The second-order valence-corrected chi connectivity index (χ2v) is 5.11. The first-order valence-electron chi connectivity index (χ1n) is 6.00. The van der Waals surface area contributed by atoms with Crippen LogP contribution in [0.2, 0.25) is 10.2 Å². The largest absolute Gasteiger partial charge is 0.233 e. The molecular weight excluding hydrogens is 286 g/mol. The molecule has 0 N–H and O–H groups in total. The van der Waals surface area contributed by atoms with Gasteiger partial charge in [0.2, 0.25) is 0 Å². The van der Waals surface area contributed by atoms with Crippen molar-refractivity contribution in [3.05, 3.63) is 45.6 Å². The van der Waals surface area contributed by atoms with Crippen LogP contribution in [0.15, 0.2) is 18.2 Å². The van der Waals surface area contributed by atoms with Gasteiger partial charge in [-0.05, 0) is 31.5 Å². The summed E-state index contributed by atoms with van der Waals surface area (Å²) in [5.74, 6) is 0.266. The molecule has 2 aromatic rings. The zero-order valence-corrected chi connectivity index (χ0v) is 12.2. The first-order chi connectivity index (χ1) is 9.01. The van der Waals surface area contributed by atoms with Crippen LogP contribution in [0.4, 0.5) is 4.39 Å². The van der Waals surface area contributed by atoms with Gasteiger partial charge in [-0.2, -0.15) is 0 Å². The summed E-state index contributed by atoms with van der Waals surface area (Å²) in [6, 6.07) is 4.33. The predicted molar refractivity (Wildman–Crippen MR) is 76.2 cm³/mol. The molecule has 0 fully saturated rings. The molecule has 0 radical (unpaired) electrons. The van der Waals surface area contributed by atoms with Crippen molar-refractivity contribution in [1.82, 2.24) is 9.97 Å². The van der Waals surface area contributed by atoms with E-state index in [1.807, 2.05) is 13.8 Å². The molecule has 0 aliphatic heterocycles. The molecule has 0 spiro atoms. The Morgan fingerprint density at radius 2 is 1.89 bits per heavy atom. The van der Waals surface area contributed by atoms with Crippen molar-refractivity contribution in [2.75, 3.05) is 0 Å². The molecule has 1 heterocycles. The Morgan fingerprint density at radius 3 is 2.53 bits per heavy atom. The van der Waals surface area contributed by atoms with E-state index in [9.17, 15) is 4.39 Å². The summed E-state index contributed by atoms with van der Waals surface area (Å²) in [4.78, 5) is 8.68. The quantitative estimate of drug-likeness (QED) is 0.757. The third-order valence-electron chi connectivity index (χ3n) is 2.74. The smallest absolute Gasteiger partial charge is 0.136 e. The minimum Gasteiger partial charge on any atom is -0.233 e. The summed E-state index contributed by atoms with van der Waals surface area (Å²) in [6.07, 6.45) is 1.65. The number of hydrogen-bond acceptors (Lipinski definition) is 2. The molecule has 0 bridgehead atoms. The van der Waals surface area contributed by atoms with Crippen LogP contribution in [0.25, 0.3) is 11.3 Å². The van der Waals surface area contributed by atoms with Gasteiger partial charge in [0.25, 0.3) is 0 Å². The Labute approximate surface area is 121 Å². The molecule has 0 atom stereocenters. The van der Waals surface area contributed by atoms with E-state index in [2.05, 4.69) is 9.97 Å². The minimum atomic E-state index is -0.395. The van der Waals surface area contributed by atoms with Gasteiger partial charge in [0.1, 0.15) is 16.8 Å². The molecule has 1 aromatic heterocycles. The van der Waals surface area contributed by atoms with E-state index in [1.165, 1.54) is 12.1 Å². The normalized spacial score (nSPS) is 10.8. The van der Waals surface area contributed by atoms with Crippen LogP contribution in [0.3, 0.4) is 0 Å². The molecule has 0 amide bonds. The van der Waals surface area contributed by atoms with Gasteiger partial charge in [-0.25, -0.2) is 14.4 Å². The Bertz CT molecular complexity index is 594. The summed E-state index contributed by atoms with van der Waals surface area (Å²) in [5.41, 5.74) is 1.97. The highest BCUT2D eigenvalue weighted by Crippen LogP contribution is 2.28. The molecule has 2 nitrogen and oxygen atoms in total. The highest BCUT2D eigenvalue weighted by Gasteiger charge is 2.12. The molecule has 1 aromatic carbocycles. The number of hydrogen-bond donors (Lipinski definition) is 0. The summed E-state index contributed by atoms with van der Waals surface area (Å²) < 4.78 is 13.4. The van der Waals surface area contributed by atoms with E-state index in [0.29, 0.717) is 27.3 Å². The third kappa shape index (κ3) is 3.23. The first kappa shape index (κ1) is 14.2. The lowest BCUT2D eigenvalue weighted by Gasteiger charge is -2.09. The number of aromatic nitrogens is 2. The maximum Gasteiger partial charge on any atom is 0.136 e. The average Bonchev–Trinajstić information content (AvgIpc) is 2.32. The SMILES string of the molecule is CCCc1nc(Cl)c(C)c(-c2cc(F)cc(Cl)c2)n1. The number of aryl methyl sites for hydroxylation is 1. The lowest BCUT2D eigenvalue weighted by atomic mass is 10.1. The van der Waals surface area contributed by atoms with Crippen molar-refractivity contribution in [3.63, 3.8) is 0 Å². The van der Waals surface area contributed by atoms with E-state index in [0.717, 1.165) is 18.4 Å². The molecule has 0 saturated carbocycles. The van der Waals surface area contributed by atoms with Crippen LogP contribution in [0.1, 0.15) is 24.7 Å². The van der Waals surface area contributed by atoms with Crippen molar-refractivity contribution in [2.45, 2.75) is 26.7 Å². The van der Waals surface area contributed by atoms with E-state index in [4.69, 9.17) is 23.2 Å². The van der Waals surface area contributed by atoms with Gasteiger partial charge in [0, 0.05) is 22.6 Å².